The Labute approximate surface area is 89.4 Å². The number of rotatable bonds is 6. The zero-order valence-corrected chi connectivity index (χ0v) is 8.57. The van der Waals surface area contributed by atoms with Gasteiger partial charge in [0, 0.05) is 11.6 Å². The molecule has 0 aliphatic heterocycles. The fourth-order valence-corrected chi connectivity index (χ4v) is 0.830. The molecule has 0 saturated carbocycles. The van der Waals surface area contributed by atoms with Crippen LogP contribution in [0.2, 0.25) is 0 Å². The molecule has 0 N–H and O–H groups in total. The Hall–Kier alpha value is -1.90. The Balaban J connectivity index is 4.54. The summed E-state index contributed by atoms with van der Waals surface area (Å²) in [6.07, 6.45) is 6.70. The molecule has 0 amide bonds. The summed E-state index contributed by atoms with van der Waals surface area (Å²) in [6, 6.07) is 0. The lowest BCUT2D eigenvalue weighted by Crippen LogP contribution is -2.12. The van der Waals surface area contributed by atoms with Gasteiger partial charge in [0.15, 0.2) is 0 Å². The molecule has 3 heteroatoms. The monoisotopic (exact) mass is 206 g/mol. The van der Waals surface area contributed by atoms with Gasteiger partial charge in [0.05, 0.1) is 0 Å². The molecule has 0 fully saturated rings. The van der Waals surface area contributed by atoms with Crippen LogP contribution in [0.15, 0.2) is 49.6 Å². The number of hydrogen-bond acceptors (Lipinski definition) is 3. The van der Waals surface area contributed by atoms with Gasteiger partial charge in [-0.05, 0) is 12.8 Å². The van der Waals surface area contributed by atoms with E-state index in [0.717, 1.165) is 6.08 Å². The van der Waals surface area contributed by atoms with E-state index in [-0.39, 0.29) is 0 Å². The van der Waals surface area contributed by atoms with Gasteiger partial charge in [0.1, 0.15) is 0 Å². The maximum absolute atomic E-state index is 11.4. The standard InChI is InChI=1S/C12H14O3/c1-4-7-9-10(8-5-2)12(14)15-11(13)6-3/h4-6,9H,1-3,7-8H2. The van der Waals surface area contributed by atoms with Crippen molar-refractivity contribution >= 4 is 11.9 Å². The molecule has 3 nitrogen and oxygen atoms in total. The van der Waals surface area contributed by atoms with Crippen LogP contribution in [0.4, 0.5) is 0 Å². The van der Waals surface area contributed by atoms with E-state index in [2.05, 4.69) is 24.5 Å². The molecule has 0 unspecified atom stereocenters. The minimum atomic E-state index is -0.756. The highest BCUT2D eigenvalue weighted by atomic mass is 16.6. The quantitative estimate of drug-likeness (QED) is 0.290. The lowest BCUT2D eigenvalue weighted by atomic mass is 10.1. The highest BCUT2D eigenvalue weighted by Gasteiger charge is 2.11. The van der Waals surface area contributed by atoms with E-state index in [9.17, 15) is 9.59 Å². The van der Waals surface area contributed by atoms with Gasteiger partial charge >= 0.3 is 11.9 Å². The highest BCUT2D eigenvalue weighted by molar-refractivity contribution is 5.99. The molecule has 0 atom stereocenters. The van der Waals surface area contributed by atoms with Crippen molar-refractivity contribution in [2.24, 2.45) is 0 Å². The second kappa shape index (κ2) is 7.50. The van der Waals surface area contributed by atoms with E-state index in [1.165, 1.54) is 0 Å². The summed E-state index contributed by atoms with van der Waals surface area (Å²) in [5.41, 5.74) is 0.389. The van der Waals surface area contributed by atoms with Gasteiger partial charge in [-0.3, -0.25) is 0 Å². The topological polar surface area (TPSA) is 43.4 Å². The third-order valence-corrected chi connectivity index (χ3v) is 1.52. The van der Waals surface area contributed by atoms with Gasteiger partial charge in [0.2, 0.25) is 0 Å². The van der Waals surface area contributed by atoms with Crippen molar-refractivity contribution in [3.63, 3.8) is 0 Å². The van der Waals surface area contributed by atoms with E-state index < -0.39 is 11.9 Å². The maximum Gasteiger partial charge on any atom is 0.341 e. The van der Waals surface area contributed by atoms with Crippen LogP contribution in [-0.4, -0.2) is 11.9 Å². The summed E-state index contributed by atoms with van der Waals surface area (Å²) in [6.45, 7) is 10.2. The minimum Gasteiger partial charge on any atom is -0.386 e. The Morgan fingerprint density at radius 2 is 1.80 bits per heavy atom. The van der Waals surface area contributed by atoms with Crippen LogP contribution in [0.25, 0.3) is 0 Å². The Morgan fingerprint density at radius 1 is 1.13 bits per heavy atom. The highest BCUT2D eigenvalue weighted by Crippen LogP contribution is 2.07. The molecule has 15 heavy (non-hydrogen) atoms. The van der Waals surface area contributed by atoms with E-state index >= 15 is 0 Å². The number of ether oxygens (including phenoxy) is 1. The first-order valence-corrected chi connectivity index (χ1v) is 4.45. The normalized spacial score (nSPS) is 10.3. The Morgan fingerprint density at radius 3 is 2.27 bits per heavy atom. The lowest BCUT2D eigenvalue weighted by Gasteiger charge is -2.02. The van der Waals surface area contributed by atoms with Gasteiger partial charge in [-0.1, -0.05) is 24.8 Å². The van der Waals surface area contributed by atoms with Gasteiger partial charge in [-0.15, -0.1) is 13.2 Å². The van der Waals surface area contributed by atoms with Crippen molar-refractivity contribution in [3.8, 4) is 0 Å². The Kier molecular flexibility index (Phi) is 6.55. The van der Waals surface area contributed by atoms with Gasteiger partial charge in [0.25, 0.3) is 0 Å². The van der Waals surface area contributed by atoms with Gasteiger partial charge in [-0.2, -0.15) is 0 Å². The summed E-state index contributed by atoms with van der Waals surface area (Å²) >= 11 is 0. The minimum absolute atomic E-state index is 0.358. The van der Waals surface area contributed by atoms with Crippen molar-refractivity contribution in [1.82, 2.24) is 0 Å². The Bertz CT molecular complexity index is 311. The largest absolute Gasteiger partial charge is 0.386 e. The average molecular weight is 206 g/mol. The predicted octanol–water partition coefficient (Wildman–Crippen LogP) is 2.32. The average Bonchev–Trinajstić information content (AvgIpc) is 2.23. The van der Waals surface area contributed by atoms with Crippen LogP contribution in [0.3, 0.4) is 0 Å². The van der Waals surface area contributed by atoms with E-state index in [1.54, 1.807) is 18.2 Å². The van der Waals surface area contributed by atoms with E-state index in [1.807, 2.05) is 0 Å². The summed E-state index contributed by atoms with van der Waals surface area (Å²) in [5.74, 6) is -1.42. The number of carbonyl (C=O) groups excluding carboxylic acids is 2. The molecule has 0 bridgehead atoms. The van der Waals surface area contributed by atoms with Gasteiger partial charge < -0.3 is 4.74 Å². The zero-order chi connectivity index (χ0) is 11.7. The second-order valence-electron chi connectivity index (χ2n) is 2.66. The number of hydrogen-bond donors (Lipinski definition) is 0. The molecule has 0 aliphatic carbocycles. The molecule has 0 aromatic heterocycles. The molecule has 0 rings (SSSR count). The molecule has 80 valence electrons. The van der Waals surface area contributed by atoms with Crippen LogP contribution < -0.4 is 0 Å². The van der Waals surface area contributed by atoms with Crippen LogP contribution in [-0.2, 0) is 14.3 Å². The lowest BCUT2D eigenvalue weighted by molar-refractivity contribution is -0.153. The third kappa shape index (κ3) is 5.41. The second-order valence-corrected chi connectivity index (χ2v) is 2.66. The fourth-order valence-electron chi connectivity index (χ4n) is 0.830. The summed E-state index contributed by atoms with van der Waals surface area (Å²) < 4.78 is 4.47. The molecule has 0 aromatic carbocycles. The van der Waals surface area contributed by atoms with Crippen LogP contribution in [0, 0.1) is 0 Å². The molecule has 0 aliphatic rings. The van der Waals surface area contributed by atoms with E-state index in [0.29, 0.717) is 18.4 Å². The fraction of sp³-hybridized carbons (Fsp3) is 0.167. The summed E-state index contributed by atoms with van der Waals surface area (Å²) in [7, 11) is 0. The number of esters is 2. The first-order valence-electron chi connectivity index (χ1n) is 4.45. The molecule has 0 radical (unpaired) electrons. The molecular formula is C12H14O3. The van der Waals surface area contributed by atoms with Crippen LogP contribution >= 0.6 is 0 Å². The summed E-state index contributed by atoms with van der Waals surface area (Å²) in [4.78, 5) is 22.1. The summed E-state index contributed by atoms with van der Waals surface area (Å²) in [5, 5.41) is 0. The number of carbonyl (C=O) groups is 2. The molecular weight excluding hydrogens is 192 g/mol. The van der Waals surface area contributed by atoms with Crippen molar-refractivity contribution in [1.29, 1.82) is 0 Å². The SMILES string of the molecule is C=CCC=C(CC=C)C(=O)OC(=O)C=C. The maximum atomic E-state index is 11.4. The van der Waals surface area contributed by atoms with E-state index in [4.69, 9.17) is 0 Å². The number of allylic oxidation sites excluding steroid dienone is 3. The van der Waals surface area contributed by atoms with Crippen molar-refractivity contribution in [3.05, 3.63) is 49.6 Å². The van der Waals surface area contributed by atoms with Crippen molar-refractivity contribution in [2.75, 3.05) is 0 Å². The zero-order valence-electron chi connectivity index (χ0n) is 8.57. The predicted molar refractivity (Wildman–Crippen MR) is 59.0 cm³/mol. The van der Waals surface area contributed by atoms with Crippen LogP contribution in [0.1, 0.15) is 12.8 Å². The first kappa shape index (κ1) is 13.1. The molecule has 0 saturated heterocycles. The smallest absolute Gasteiger partial charge is 0.341 e. The van der Waals surface area contributed by atoms with Crippen LogP contribution in [0.5, 0.6) is 0 Å². The molecule has 0 spiro atoms. The van der Waals surface area contributed by atoms with Gasteiger partial charge in [-0.25, -0.2) is 9.59 Å². The molecule has 0 aromatic rings. The van der Waals surface area contributed by atoms with Crippen molar-refractivity contribution < 1.29 is 14.3 Å². The molecule has 0 heterocycles. The first-order chi connectivity index (χ1) is 7.15. The van der Waals surface area contributed by atoms with Crippen molar-refractivity contribution in [2.45, 2.75) is 12.8 Å². The third-order valence-electron chi connectivity index (χ3n) is 1.52.